The minimum atomic E-state index is -4.94. The molecule has 0 radical (unpaired) electrons. The molecule has 0 unspecified atom stereocenters. The summed E-state index contributed by atoms with van der Waals surface area (Å²) in [6.45, 7) is 0. The Hall–Kier alpha value is -2.65. The lowest BCUT2D eigenvalue weighted by Crippen LogP contribution is -2.49. The first-order valence-corrected chi connectivity index (χ1v) is 5.42. The molecule has 11 nitrogen and oxygen atoms in total. The van der Waals surface area contributed by atoms with Crippen molar-refractivity contribution < 1.29 is 13.0 Å². The van der Waals surface area contributed by atoms with Crippen LogP contribution in [-0.4, -0.2) is 13.0 Å². The Morgan fingerprint density at radius 1 is 1.33 bits per heavy atom. The third-order valence-corrected chi connectivity index (χ3v) is 2.59. The Morgan fingerprint density at radius 3 is 2.39 bits per heavy atom. The third kappa shape index (κ3) is 2.36. The van der Waals surface area contributed by atoms with Crippen LogP contribution < -0.4 is 21.6 Å². The fraction of sp³-hybridized carbons (Fsp3) is 0. The molecule has 0 saturated carbocycles. The highest BCUT2D eigenvalue weighted by molar-refractivity contribution is 7.85. The van der Waals surface area contributed by atoms with E-state index in [2.05, 4.69) is 20.5 Å². The van der Waals surface area contributed by atoms with E-state index in [1.54, 1.807) is 0 Å². The number of benzene rings is 1. The first kappa shape index (κ1) is 13.4. The molecule has 0 atom stereocenters. The molecule has 0 aromatic heterocycles. The van der Waals surface area contributed by atoms with Gasteiger partial charge in [-0.1, -0.05) is 5.22 Å². The van der Waals surface area contributed by atoms with E-state index in [1.165, 1.54) is 0 Å². The summed E-state index contributed by atoms with van der Waals surface area (Å²) in [6.07, 6.45) is 0. The predicted molar refractivity (Wildman–Crippen MR) is 52.5 cm³/mol. The molecule has 0 fully saturated rings. The van der Waals surface area contributed by atoms with Gasteiger partial charge in [-0.15, -0.1) is 5.10 Å². The summed E-state index contributed by atoms with van der Waals surface area (Å²) in [7, 11) is -4.94. The molecule has 0 bridgehead atoms. The molecule has 0 spiro atoms. The summed E-state index contributed by atoms with van der Waals surface area (Å²) in [5, 5.41) is 16.9. The molecule has 0 heterocycles. The van der Waals surface area contributed by atoms with Crippen LogP contribution in [0.3, 0.4) is 0 Å². The molecule has 1 aromatic rings. The van der Waals surface area contributed by atoms with Crippen LogP contribution in [0, 0.1) is 10.9 Å². The van der Waals surface area contributed by atoms with Crippen LogP contribution in [0.5, 0.6) is 0 Å². The Labute approximate surface area is 97.3 Å². The lowest BCUT2D eigenvalue weighted by atomic mass is 10.3. The third-order valence-electron chi connectivity index (χ3n) is 1.73. The summed E-state index contributed by atoms with van der Waals surface area (Å²) in [4.78, 5) is 21.7. The van der Waals surface area contributed by atoms with Gasteiger partial charge in [0.2, 0.25) is 16.2 Å². The van der Waals surface area contributed by atoms with Gasteiger partial charge in [-0.3, -0.25) is 14.1 Å². The SMILES string of the molecule is N#[N+]N=c1c(=O)c(S(=O)(=O)O)cc(=O)c1=NN=N. The van der Waals surface area contributed by atoms with Crippen molar-refractivity contribution in [1.82, 2.24) is 0 Å². The van der Waals surface area contributed by atoms with Gasteiger partial charge in [-0.2, -0.15) is 13.9 Å². The van der Waals surface area contributed by atoms with Gasteiger partial charge in [0.1, 0.15) is 4.90 Å². The maximum Gasteiger partial charge on any atom is 0.339 e. The Kier molecular flexibility index (Phi) is 3.50. The Morgan fingerprint density at radius 2 is 1.94 bits per heavy atom. The summed E-state index contributed by atoms with van der Waals surface area (Å²) in [6, 6.07) is 0.304. The molecular weight excluding hydrogens is 268 g/mol. The molecule has 0 aliphatic carbocycles. The average molecular weight is 271 g/mol. The van der Waals surface area contributed by atoms with Crippen LogP contribution in [0.15, 0.2) is 36.0 Å². The highest BCUT2D eigenvalue weighted by Crippen LogP contribution is 1.94. The fourth-order valence-electron chi connectivity index (χ4n) is 1.07. The maximum atomic E-state index is 11.5. The number of nitrogens with one attached hydrogen (secondary N) is 1. The Balaban J connectivity index is 4.21. The molecule has 0 aliphatic heterocycles. The largest absolute Gasteiger partial charge is 0.339 e. The normalized spacial score (nSPS) is 13.3. The summed E-state index contributed by atoms with van der Waals surface area (Å²) >= 11 is 0. The molecular formula is C6H3N6O5S+. The van der Waals surface area contributed by atoms with Gasteiger partial charge in [-0.25, -0.2) is 0 Å². The molecule has 1 aromatic carbocycles. The van der Waals surface area contributed by atoms with E-state index < -0.39 is 36.6 Å². The maximum absolute atomic E-state index is 11.5. The van der Waals surface area contributed by atoms with Crippen molar-refractivity contribution in [3.63, 3.8) is 0 Å². The molecule has 92 valence electrons. The van der Waals surface area contributed by atoms with Gasteiger partial charge in [0.25, 0.3) is 15.5 Å². The zero-order valence-electron chi connectivity index (χ0n) is 8.30. The molecule has 0 amide bonds. The molecule has 0 aliphatic rings. The van der Waals surface area contributed by atoms with Gasteiger partial charge in [0.15, 0.2) is 10.5 Å². The smallest absolute Gasteiger partial charge is 0.287 e. The van der Waals surface area contributed by atoms with E-state index in [-0.39, 0.29) is 0 Å². The predicted octanol–water partition coefficient (Wildman–Crippen LogP) is -1.96. The minimum absolute atomic E-state index is 0.304. The van der Waals surface area contributed by atoms with E-state index in [9.17, 15) is 18.0 Å². The van der Waals surface area contributed by atoms with Crippen molar-refractivity contribution in [3.05, 3.63) is 42.3 Å². The van der Waals surface area contributed by atoms with Gasteiger partial charge < -0.3 is 0 Å². The number of diazo groups is 1. The quantitative estimate of drug-likeness (QED) is 0.273. The zero-order chi connectivity index (χ0) is 13.9. The first-order valence-electron chi connectivity index (χ1n) is 3.98. The average Bonchev–Trinajstić information content (AvgIpc) is 2.26. The van der Waals surface area contributed by atoms with Gasteiger partial charge in [0, 0.05) is 6.07 Å². The van der Waals surface area contributed by atoms with Crippen molar-refractivity contribution >= 4 is 10.1 Å². The van der Waals surface area contributed by atoms with Crippen LogP contribution in [0.4, 0.5) is 0 Å². The molecule has 18 heavy (non-hydrogen) atoms. The van der Waals surface area contributed by atoms with E-state index >= 15 is 0 Å². The van der Waals surface area contributed by atoms with Crippen molar-refractivity contribution in [2.75, 3.05) is 0 Å². The van der Waals surface area contributed by atoms with Crippen LogP contribution in [-0.2, 0) is 10.1 Å². The summed E-state index contributed by atoms with van der Waals surface area (Å²) in [5.74, 6) is 0. The monoisotopic (exact) mass is 271 g/mol. The van der Waals surface area contributed by atoms with Crippen molar-refractivity contribution in [2.45, 2.75) is 4.90 Å². The van der Waals surface area contributed by atoms with Crippen LogP contribution in [0.1, 0.15) is 0 Å². The standard InChI is InChI=1S/C6H2N6O5S/c7-11-9-4-2(13)1-3(18(15,16)17)6(14)5(4)10-12-8/h1,7H/p+1. The van der Waals surface area contributed by atoms with E-state index in [0.29, 0.717) is 6.07 Å². The Bertz CT molecular complexity index is 869. The van der Waals surface area contributed by atoms with Crippen LogP contribution in [0.2, 0.25) is 0 Å². The minimum Gasteiger partial charge on any atom is -0.287 e. The molecule has 1 rings (SSSR count). The molecule has 2 N–H and O–H groups in total. The van der Waals surface area contributed by atoms with Crippen molar-refractivity contribution in [1.29, 1.82) is 10.9 Å². The zero-order valence-corrected chi connectivity index (χ0v) is 9.12. The van der Waals surface area contributed by atoms with Gasteiger partial charge >= 0.3 is 5.08 Å². The van der Waals surface area contributed by atoms with E-state index in [0.717, 1.165) is 0 Å². The van der Waals surface area contributed by atoms with Crippen molar-refractivity contribution in [3.8, 4) is 0 Å². The molecule has 12 heteroatoms. The fourth-order valence-corrected chi connectivity index (χ4v) is 1.66. The van der Waals surface area contributed by atoms with Crippen LogP contribution in [0.25, 0.3) is 5.08 Å². The van der Waals surface area contributed by atoms with E-state index in [4.69, 9.17) is 15.5 Å². The second kappa shape index (κ2) is 4.69. The summed E-state index contributed by atoms with van der Waals surface area (Å²) in [5.41, 5.74) is 3.88. The highest BCUT2D eigenvalue weighted by atomic mass is 32.2. The topological polar surface area (TPSA) is 178 Å². The lowest BCUT2D eigenvalue weighted by Gasteiger charge is -1.91. The van der Waals surface area contributed by atoms with E-state index in [1.807, 2.05) is 0 Å². The summed E-state index contributed by atoms with van der Waals surface area (Å²) < 4.78 is 30.4. The number of nitrogens with zero attached hydrogens (tertiary/aromatic N) is 5. The second-order valence-corrected chi connectivity index (χ2v) is 4.15. The first-order chi connectivity index (χ1) is 8.32. The van der Waals surface area contributed by atoms with Gasteiger partial charge in [-0.05, 0) is 0 Å². The van der Waals surface area contributed by atoms with Crippen LogP contribution >= 0.6 is 0 Å². The molecule has 0 saturated heterocycles. The number of rotatable bonds is 2. The second-order valence-electron chi connectivity index (χ2n) is 2.76. The lowest BCUT2D eigenvalue weighted by molar-refractivity contribution is 0.482. The van der Waals surface area contributed by atoms with Gasteiger partial charge in [0.05, 0.1) is 0 Å². The van der Waals surface area contributed by atoms with Crippen molar-refractivity contribution in [2.24, 2.45) is 15.4 Å². The highest BCUT2D eigenvalue weighted by Gasteiger charge is 2.20. The number of hydrogen-bond acceptors (Lipinski definition) is 8. The number of hydrogen-bond donors (Lipinski definition) is 2.